The Bertz CT molecular complexity index is 732. The Kier molecular flexibility index (Phi) is 10.5. The van der Waals surface area contributed by atoms with Crippen LogP contribution < -0.4 is 16.0 Å². The summed E-state index contributed by atoms with van der Waals surface area (Å²) < 4.78 is 0. The van der Waals surface area contributed by atoms with E-state index in [0.29, 0.717) is 25.4 Å². The first-order valence-electron chi connectivity index (χ1n) is 8.94. The van der Waals surface area contributed by atoms with Crippen LogP contribution in [0.15, 0.2) is 59.6 Å². The lowest BCUT2D eigenvalue weighted by atomic mass is 10.1. The van der Waals surface area contributed by atoms with Gasteiger partial charge in [-0.2, -0.15) is 0 Å². The van der Waals surface area contributed by atoms with E-state index in [-0.39, 0.29) is 29.9 Å². The number of hydrogen-bond donors (Lipinski definition) is 3. The summed E-state index contributed by atoms with van der Waals surface area (Å²) in [4.78, 5) is 16.2. The molecule has 0 spiro atoms. The topological polar surface area (TPSA) is 65.5 Å². The lowest BCUT2D eigenvalue weighted by molar-refractivity contribution is -0.116. The molecule has 0 unspecified atom stereocenters. The van der Waals surface area contributed by atoms with Crippen molar-refractivity contribution in [1.82, 2.24) is 10.6 Å². The second-order valence-corrected chi connectivity index (χ2v) is 6.61. The van der Waals surface area contributed by atoms with E-state index in [2.05, 4.69) is 33.1 Å². The lowest BCUT2D eigenvalue weighted by Crippen LogP contribution is -2.36. The van der Waals surface area contributed by atoms with Crippen molar-refractivity contribution in [3.63, 3.8) is 0 Å². The number of hydrogen-bond acceptors (Lipinski definition) is 2. The number of carbonyl (C=O) groups excluding carboxylic acids is 1. The van der Waals surface area contributed by atoms with Gasteiger partial charge in [0.25, 0.3) is 0 Å². The van der Waals surface area contributed by atoms with Gasteiger partial charge < -0.3 is 16.0 Å². The Morgan fingerprint density at radius 1 is 0.963 bits per heavy atom. The Balaban J connectivity index is 0.00000364. The van der Waals surface area contributed by atoms with E-state index in [9.17, 15) is 4.79 Å². The largest absolute Gasteiger partial charge is 0.352 e. The van der Waals surface area contributed by atoms with Gasteiger partial charge in [0.15, 0.2) is 5.96 Å². The number of anilines is 1. The first kappa shape index (κ1) is 23.0. The fraction of sp³-hybridized carbons (Fsp3) is 0.333. The summed E-state index contributed by atoms with van der Waals surface area (Å²) in [5.41, 5.74) is 3.10. The molecule has 2 aromatic rings. The summed E-state index contributed by atoms with van der Waals surface area (Å²) in [5, 5.41) is 9.54. The van der Waals surface area contributed by atoms with Crippen LogP contribution in [0.2, 0.25) is 0 Å². The van der Waals surface area contributed by atoms with Crippen LogP contribution >= 0.6 is 24.0 Å². The van der Waals surface area contributed by atoms with Crippen molar-refractivity contribution in [2.24, 2.45) is 10.9 Å². The monoisotopic (exact) mass is 480 g/mol. The van der Waals surface area contributed by atoms with Crippen molar-refractivity contribution in [3.8, 4) is 0 Å². The summed E-state index contributed by atoms with van der Waals surface area (Å²) in [6, 6.07) is 18.0. The average molecular weight is 480 g/mol. The second kappa shape index (κ2) is 12.3. The Hall–Kier alpha value is -2.09. The minimum Gasteiger partial charge on any atom is -0.352 e. The zero-order valence-electron chi connectivity index (χ0n) is 16.2. The van der Waals surface area contributed by atoms with Gasteiger partial charge in [0.2, 0.25) is 5.91 Å². The number of nitrogens with one attached hydrogen (secondary N) is 3. The van der Waals surface area contributed by atoms with Crippen molar-refractivity contribution < 1.29 is 4.79 Å². The van der Waals surface area contributed by atoms with Crippen molar-refractivity contribution in [2.75, 3.05) is 12.4 Å². The van der Waals surface area contributed by atoms with Gasteiger partial charge in [-0.1, -0.05) is 56.3 Å². The number of carbonyl (C=O) groups is 1. The molecule has 146 valence electrons. The quantitative estimate of drug-likeness (QED) is 0.317. The van der Waals surface area contributed by atoms with Gasteiger partial charge in [-0.25, -0.2) is 0 Å². The molecule has 0 saturated carbocycles. The van der Waals surface area contributed by atoms with E-state index in [1.54, 1.807) is 7.05 Å². The molecule has 0 saturated heterocycles. The SMILES string of the molecule is CN=C(NCc1ccccc1)NCc1cccc(NC(=O)CC(C)C)c1.I. The summed E-state index contributed by atoms with van der Waals surface area (Å²) >= 11 is 0. The Labute approximate surface area is 179 Å². The van der Waals surface area contributed by atoms with E-state index in [0.717, 1.165) is 17.2 Å². The summed E-state index contributed by atoms with van der Waals surface area (Å²) in [6.07, 6.45) is 0.526. The molecular weight excluding hydrogens is 451 g/mol. The molecule has 0 fully saturated rings. The van der Waals surface area contributed by atoms with Gasteiger partial charge in [0.05, 0.1) is 0 Å². The lowest BCUT2D eigenvalue weighted by Gasteiger charge is -2.13. The number of nitrogens with zero attached hydrogens (tertiary/aromatic N) is 1. The van der Waals surface area contributed by atoms with E-state index in [1.165, 1.54) is 5.56 Å². The molecule has 2 aromatic carbocycles. The normalized spacial score (nSPS) is 10.9. The molecular formula is C21H29IN4O. The molecule has 2 rings (SSSR count). The summed E-state index contributed by atoms with van der Waals surface area (Å²) in [5.74, 6) is 1.13. The molecule has 0 atom stereocenters. The van der Waals surface area contributed by atoms with Crippen LogP contribution in [-0.4, -0.2) is 18.9 Å². The van der Waals surface area contributed by atoms with Crippen LogP contribution in [0.5, 0.6) is 0 Å². The Morgan fingerprint density at radius 3 is 2.22 bits per heavy atom. The van der Waals surface area contributed by atoms with E-state index >= 15 is 0 Å². The van der Waals surface area contributed by atoms with Crippen molar-refractivity contribution >= 4 is 41.5 Å². The number of amides is 1. The molecule has 0 radical (unpaired) electrons. The smallest absolute Gasteiger partial charge is 0.224 e. The van der Waals surface area contributed by atoms with Gasteiger partial charge in [0.1, 0.15) is 0 Å². The van der Waals surface area contributed by atoms with Gasteiger partial charge in [-0.05, 0) is 29.2 Å². The van der Waals surface area contributed by atoms with Crippen LogP contribution in [0.4, 0.5) is 5.69 Å². The standard InChI is InChI=1S/C21H28N4O.HI/c1-16(2)12-20(26)25-19-11-7-10-18(13-19)15-24-21(22-3)23-14-17-8-5-4-6-9-17;/h4-11,13,16H,12,14-15H2,1-3H3,(H,25,26)(H2,22,23,24);1H. The first-order chi connectivity index (χ1) is 12.6. The second-order valence-electron chi connectivity index (χ2n) is 6.61. The molecule has 1 amide bonds. The van der Waals surface area contributed by atoms with Crippen molar-refractivity contribution in [1.29, 1.82) is 0 Å². The summed E-state index contributed by atoms with van der Waals surface area (Å²) in [7, 11) is 1.75. The maximum absolute atomic E-state index is 11.9. The van der Waals surface area contributed by atoms with Crippen LogP contribution in [0.1, 0.15) is 31.4 Å². The number of aliphatic imine (C=N–C) groups is 1. The Morgan fingerprint density at radius 2 is 1.59 bits per heavy atom. The zero-order valence-corrected chi connectivity index (χ0v) is 18.5. The van der Waals surface area contributed by atoms with Gasteiger partial charge in [0, 0.05) is 32.2 Å². The molecule has 6 heteroatoms. The van der Waals surface area contributed by atoms with Crippen molar-refractivity contribution in [2.45, 2.75) is 33.4 Å². The molecule has 0 aromatic heterocycles. The van der Waals surface area contributed by atoms with E-state index in [1.807, 2.05) is 56.3 Å². The van der Waals surface area contributed by atoms with Crippen molar-refractivity contribution in [3.05, 3.63) is 65.7 Å². The maximum atomic E-state index is 11.9. The van der Waals surface area contributed by atoms with Crippen LogP contribution in [-0.2, 0) is 17.9 Å². The van der Waals surface area contributed by atoms with Gasteiger partial charge >= 0.3 is 0 Å². The number of rotatable bonds is 7. The third-order valence-corrected chi connectivity index (χ3v) is 3.79. The number of halogens is 1. The number of guanidine groups is 1. The molecule has 3 N–H and O–H groups in total. The van der Waals surface area contributed by atoms with E-state index in [4.69, 9.17) is 0 Å². The fourth-order valence-electron chi connectivity index (χ4n) is 2.53. The highest BCUT2D eigenvalue weighted by Gasteiger charge is 2.06. The van der Waals surface area contributed by atoms with Gasteiger partial charge in [-0.15, -0.1) is 24.0 Å². The molecule has 0 bridgehead atoms. The summed E-state index contributed by atoms with van der Waals surface area (Å²) in [6.45, 7) is 5.41. The highest BCUT2D eigenvalue weighted by molar-refractivity contribution is 14.0. The first-order valence-corrected chi connectivity index (χ1v) is 8.94. The third kappa shape index (κ3) is 8.90. The molecule has 0 aliphatic heterocycles. The van der Waals surface area contributed by atoms with Crippen LogP contribution in [0, 0.1) is 5.92 Å². The van der Waals surface area contributed by atoms with Crippen LogP contribution in [0.25, 0.3) is 0 Å². The third-order valence-electron chi connectivity index (χ3n) is 3.79. The molecule has 0 aliphatic carbocycles. The highest BCUT2D eigenvalue weighted by atomic mass is 127. The predicted octanol–water partition coefficient (Wildman–Crippen LogP) is 4.15. The maximum Gasteiger partial charge on any atom is 0.224 e. The fourth-order valence-corrected chi connectivity index (χ4v) is 2.53. The zero-order chi connectivity index (χ0) is 18.8. The highest BCUT2D eigenvalue weighted by Crippen LogP contribution is 2.12. The molecule has 0 heterocycles. The number of benzene rings is 2. The average Bonchev–Trinajstić information content (AvgIpc) is 2.62. The minimum atomic E-state index is 0. The van der Waals surface area contributed by atoms with Crippen LogP contribution in [0.3, 0.4) is 0 Å². The molecule has 27 heavy (non-hydrogen) atoms. The predicted molar refractivity (Wildman–Crippen MR) is 123 cm³/mol. The molecule has 0 aliphatic rings. The minimum absolute atomic E-state index is 0. The van der Waals surface area contributed by atoms with E-state index < -0.39 is 0 Å². The van der Waals surface area contributed by atoms with Gasteiger partial charge in [-0.3, -0.25) is 9.79 Å². The molecule has 5 nitrogen and oxygen atoms in total.